The molecule has 0 spiro atoms. The lowest BCUT2D eigenvalue weighted by Crippen LogP contribution is -2.12. The molecule has 6 heteroatoms. The molecular weight excluding hydrogens is 288 g/mol. The van der Waals surface area contributed by atoms with E-state index in [0.717, 1.165) is 11.4 Å². The largest absolute Gasteiger partial charge is 0.469 e. The van der Waals surface area contributed by atoms with Crippen molar-refractivity contribution in [3.8, 4) is 10.9 Å². The van der Waals surface area contributed by atoms with E-state index < -0.39 is 0 Å². The Bertz CT molecular complexity index is 632. The fourth-order valence-electron chi connectivity index (χ4n) is 1.61. The highest BCUT2D eigenvalue weighted by Crippen LogP contribution is 2.28. The third kappa shape index (κ3) is 4.26. The summed E-state index contributed by atoms with van der Waals surface area (Å²) in [6, 6.07) is 7.30. The highest BCUT2D eigenvalue weighted by atomic mass is 32.1. The first kappa shape index (κ1) is 15.4. The molecule has 2 aromatic rings. The van der Waals surface area contributed by atoms with E-state index in [1.54, 1.807) is 6.07 Å². The van der Waals surface area contributed by atoms with Crippen molar-refractivity contribution < 1.29 is 14.3 Å². The molecule has 1 heterocycles. The van der Waals surface area contributed by atoms with Crippen molar-refractivity contribution >= 4 is 17.5 Å². The number of aromatic nitrogens is 2. The van der Waals surface area contributed by atoms with Crippen LogP contribution in [0.25, 0.3) is 0 Å². The summed E-state index contributed by atoms with van der Waals surface area (Å²) in [6.45, 7) is 6.15. The van der Waals surface area contributed by atoms with Crippen LogP contribution in [0.5, 0.6) is 10.9 Å². The molecule has 1 aromatic heterocycles. The van der Waals surface area contributed by atoms with Gasteiger partial charge in [-0.05, 0) is 17.7 Å². The molecule has 0 radical (unpaired) electrons. The maximum Gasteiger partial charge on any atom is 0.309 e. The molecule has 2 rings (SSSR count). The summed E-state index contributed by atoms with van der Waals surface area (Å²) >= 11 is 1.22. The molecule has 1 aromatic carbocycles. The Kier molecular flexibility index (Phi) is 4.57. The molecular formula is C15H18N2O3S. The number of ether oxygens (including phenoxy) is 2. The molecule has 0 atom stereocenters. The number of benzene rings is 1. The Hall–Kier alpha value is -1.95. The predicted octanol–water partition coefficient (Wildman–Crippen LogP) is 3.34. The van der Waals surface area contributed by atoms with Gasteiger partial charge in [0.1, 0.15) is 5.75 Å². The van der Waals surface area contributed by atoms with Crippen LogP contribution in [0, 0.1) is 0 Å². The van der Waals surface area contributed by atoms with E-state index in [2.05, 4.69) is 34.9 Å². The summed E-state index contributed by atoms with van der Waals surface area (Å²) in [5, 5.41) is 0.496. The van der Waals surface area contributed by atoms with E-state index in [1.807, 2.05) is 18.2 Å². The number of hydrogen-bond donors (Lipinski definition) is 0. The molecule has 0 amide bonds. The number of carbonyl (C=O) groups excluding carboxylic acids is 1. The molecule has 0 unspecified atom stereocenters. The van der Waals surface area contributed by atoms with Gasteiger partial charge in [0.2, 0.25) is 0 Å². The van der Waals surface area contributed by atoms with E-state index in [0.29, 0.717) is 10.9 Å². The highest BCUT2D eigenvalue weighted by molar-refractivity contribution is 7.07. The van der Waals surface area contributed by atoms with Crippen LogP contribution in [-0.4, -0.2) is 22.4 Å². The molecule has 112 valence electrons. The van der Waals surface area contributed by atoms with Crippen LogP contribution in [0.2, 0.25) is 0 Å². The molecule has 21 heavy (non-hydrogen) atoms. The standard InChI is InChI=1S/C15H18N2O3S/c1-15(2,3)13-16-14(21-17-13)20-11-7-5-6-10(8-11)9-12(18)19-4/h5-8H,9H2,1-4H3. The first-order chi connectivity index (χ1) is 9.88. The minimum absolute atomic E-state index is 0.106. The van der Waals surface area contributed by atoms with Gasteiger partial charge >= 0.3 is 5.97 Å². The van der Waals surface area contributed by atoms with Crippen LogP contribution in [0.4, 0.5) is 0 Å². The zero-order valence-corrected chi connectivity index (χ0v) is 13.4. The van der Waals surface area contributed by atoms with Crippen molar-refractivity contribution in [2.45, 2.75) is 32.6 Å². The Balaban J connectivity index is 2.11. The molecule has 0 saturated heterocycles. The summed E-state index contributed by atoms with van der Waals surface area (Å²) < 4.78 is 14.7. The zero-order valence-electron chi connectivity index (χ0n) is 12.5. The van der Waals surface area contributed by atoms with E-state index in [1.165, 1.54) is 18.6 Å². The summed E-state index contributed by atoms with van der Waals surface area (Å²) in [5.41, 5.74) is 0.727. The first-order valence-electron chi connectivity index (χ1n) is 6.56. The molecule has 5 nitrogen and oxygen atoms in total. The van der Waals surface area contributed by atoms with E-state index in [9.17, 15) is 4.79 Å². The summed E-state index contributed by atoms with van der Waals surface area (Å²) in [5.74, 6) is 1.11. The SMILES string of the molecule is COC(=O)Cc1cccc(Oc2nc(C(C)(C)C)ns2)c1. The van der Waals surface area contributed by atoms with Crippen molar-refractivity contribution in [1.82, 2.24) is 9.36 Å². The van der Waals surface area contributed by atoms with Gasteiger partial charge in [-0.15, -0.1) is 0 Å². The quantitative estimate of drug-likeness (QED) is 0.811. The van der Waals surface area contributed by atoms with Crippen molar-refractivity contribution in [2.24, 2.45) is 0 Å². The van der Waals surface area contributed by atoms with Gasteiger partial charge in [0.25, 0.3) is 5.19 Å². The molecule has 0 bridgehead atoms. The number of esters is 1. The molecule has 0 aliphatic heterocycles. The van der Waals surface area contributed by atoms with Gasteiger partial charge in [0, 0.05) is 16.9 Å². The van der Waals surface area contributed by atoms with E-state index in [4.69, 9.17) is 4.74 Å². The second kappa shape index (κ2) is 6.22. The van der Waals surface area contributed by atoms with Crippen LogP contribution < -0.4 is 4.74 Å². The van der Waals surface area contributed by atoms with Crippen LogP contribution in [-0.2, 0) is 21.4 Å². The Morgan fingerprint density at radius 1 is 1.33 bits per heavy atom. The Labute approximate surface area is 128 Å². The smallest absolute Gasteiger partial charge is 0.309 e. The zero-order chi connectivity index (χ0) is 15.5. The topological polar surface area (TPSA) is 61.3 Å². The maximum absolute atomic E-state index is 11.3. The summed E-state index contributed by atoms with van der Waals surface area (Å²) in [4.78, 5) is 15.7. The lowest BCUT2D eigenvalue weighted by atomic mass is 9.96. The van der Waals surface area contributed by atoms with Gasteiger partial charge in [-0.3, -0.25) is 4.79 Å². The van der Waals surface area contributed by atoms with Crippen molar-refractivity contribution in [1.29, 1.82) is 0 Å². The highest BCUT2D eigenvalue weighted by Gasteiger charge is 2.20. The number of methoxy groups -OCH3 is 1. The summed E-state index contributed by atoms with van der Waals surface area (Å²) in [6.07, 6.45) is 0.219. The van der Waals surface area contributed by atoms with Crippen molar-refractivity contribution in [3.05, 3.63) is 35.7 Å². The molecule has 0 aliphatic carbocycles. The van der Waals surface area contributed by atoms with Gasteiger partial charge in [-0.25, -0.2) is 0 Å². The van der Waals surface area contributed by atoms with Gasteiger partial charge in [0.05, 0.1) is 13.5 Å². The minimum Gasteiger partial charge on any atom is -0.469 e. The Morgan fingerprint density at radius 2 is 2.10 bits per heavy atom. The van der Waals surface area contributed by atoms with Gasteiger partial charge in [0.15, 0.2) is 5.82 Å². The Morgan fingerprint density at radius 3 is 2.71 bits per heavy atom. The molecule has 0 aliphatic rings. The number of carbonyl (C=O) groups is 1. The fraction of sp³-hybridized carbons (Fsp3) is 0.400. The number of rotatable bonds is 4. The van der Waals surface area contributed by atoms with E-state index >= 15 is 0 Å². The first-order valence-corrected chi connectivity index (χ1v) is 7.33. The van der Waals surface area contributed by atoms with Crippen LogP contribution in [0.1, 0.15) is 32.2 Å². The predicted molar refractivity (Wildman–Crippen MR) is 80.8 cm³/mol. The maximum atomic E-state index is 11.3. The van der Waals surface area contributed by atoms with E-state index in [-0.39, 0.29) is 17.8 Å². The monoisotopic (exact) mass is 306 g/mol. The molecule has 0 saturated carbocycles. The molecule has 0 fully saturated rings. The second-order valence-electron chi connectivity index (χ2n) is 5.64. The minimum atomic E-state index is -0.280. The van der Waals surface area contributed by atoms with Crippen LogP contribution in [0.3, 0.4) is 0 Å². The normalized spacial score (nSPS) is 11.2. The van der Waals surface area contributed by atoms with Crippen LogP contribution in [0.15, 0.2) is 24.3 Å². The third-order valence-corrected chi connectivity index (χ3v) is 3.35. The third-order valence-electron chi connectivity index (χ3n) is 2.76. The van der Waals surface area contributed by atoms with Gasteiger partial charge < -0.3 is 9.47 Å². The average molecular weight is 306 g/mol. The van der Waals surface area contributed by atoms with Gasteiger partial charge in [-0.2, -0.15) is 9.36 Å². The van der Waals surface area contributed by atoms with Gasteiger partial charge in [-0.1, -0.05) is 32.9 Å². The molecule has 0 N–H and O–H groups in total. The van der Waals surface area contributed by atoms with Crippen molar-refractivity contribution in [2.75, 3.05) is 7.11 Å². The van der Waals surface area contributed by atoms with Crippen LogP contribution >= 0.6 is 11.5 Å². The van der Waals surface area contributed by atoms with Crippen molar-refractivity contribution in [3.63, 3.8) is 0 Å². The lowest BCUT2D eigenvalue weighted by Gasteiger charge is -2.12. The fourth-order valence-corrected chi connectivity index (χ4v) is 2.35. The summed E-state index contributed by atoms with van der Waals surface area (Å²) in [7, 11) is 1.37. The average Bonchev–Trinajstić information content (AvgIpc) is 2.87. The number of hydrogen-bond acceptors (Lipinski definition) is 6. The lowest BCUT2D eigenvalue weighted by molar-refractivity contribution is -0.139. The number of nitrogens with zero attached hydrogens (tertiary/aromatic N) is 2. The second-order valence-corrected chi connectivity index (χ2v) is 6.35.